The van der Waals surface area contributed by atoms with E-state index in [0.717, 1.165) is 35.3 Å². The average molecular weight is 282 g/mol. The first-order chi connectivity index (χ1) is 10.3. The quantitative estimate of drug-likeness (QED) is 0.551. The summed E-state index contributed by atoms with van der Waals surface area (Å²) in [5.74, 6) is 5.75. The van der Waals surface area contributed by atoms with E-state index in [-0.39, 0.29) is 6.04 Å². The van der Waals surface area contributed by atoms with Crippen LogP contribution in [-0.4, -0.2) is 20.0 Å². The zero-order valence-electron chi connectivity index (χ0n) is 11.9. The number of benzene rings is 1. The predicted molar refractivity (Wildman–Crippen MR) is 81.2 cm³/mol. The molecule has 0 aliphatic heterocycles. The normalized spacial score (nSPS) is 12.7. The summed E-state index contributed by atoms with van der Waals surface area (Å²) >= 11 is 0. The fraction of sp³-hybridized carbons (Fsp3) is 0.267. The topological polar surface area (TPSA) is 81.7 Å². The fourth-order valence-electron chi connectivity index (χ4n) is 2.44. The largest absolute Gasteiger partial charge is 0.270 e. The van der Waals surface area contributed by atoms with Gasteiger partial charge < -0.3 is 0 Å². The van der Waals surface area contributed by atoms with Crippen molar-refractivity contribution in [3.05, 3.63) is 54.0 Å². The minimum Gasteiger partial charge on any atom is -0.270 e. The highest BCUT2D eigenvalue weighted by molar-refractivity contribution is 5.78. The summed E-state index contributed by atoms with van der Waals surface area (Å²) < 4.78 is 1.86. The molecule has 0 aliphatic carbocycles. The lowest BCUT2D eigenvalue weighted by atomic mass is 10.1. The van der Waals surface area contributed by atoms with Gasteiger partial charge in [0, 0.05) is 11.9 Å². The molecule has 108 valence electrons. The van der Waals surface area contributed by atoms with E-state index in [1.165, 1.54) is 0 Å². The number of pyridine rings is 1. The number of nitrogens with two attached hydrogens (primary N) is 1. The first-order valence-electron chi connectivity index (χ1n) is 7.03. The van der Waals surface area contributed by atoms with Gasteiger partial charge >= 0.3 is 0 Å². The van der Waals surface area contributed by atoms with Crippen molar-refractivity contribution in [3.8, 4) is 0 Å². The second-order valence-electron chi connectivity index (χ2n) is 4.91. The number of aryl methyl sites for hydroxylation is 1. The molecule has 6 nitrogen and oxygen atoms in total. The van der Waals surface area contributed by atoms with Gasteiger partial charge in [0.25, 0.3) is 0 Å². The maximum Gasteiger partial charge on any atom is 0.106 e. The minimum absolute atomic E-state index is 0.226. The number of hydrazine groups is 1. The van der Waals surface area contributed by atoms with Crippen molar-refractivity contribution in [2.24, 2.45) is 5.84 Å². The molecule has 6 heteroatoms. The van der Waals surface area contributed by atoms with Crippen molar-refractivity contribution in [3.63, 3.8) is 0 Å². The van der Waals surface area contributed by atoms with Crippen LogP contribution in [-0.2, 0) is 6.54 Å². The predicted octanol–water partition coefficient (Wildman–Crippen LogP) is 1.79. The molecule has 3 aromatic rings. The molecule has 2 heterocycles. The third-order valence-corrected chi connectivity index (χ3v) is 3.46. The molecule has 0 aliphatic rings. The van der Waals surface area contributed by atoms with Crippen molar-refractivity contribution in [2.75, 3.05) is 0 Å². The lowest BCUT2D eigenvalue weighted by molar-refractivity contribution is 0.507. The first-order valence-corrected chi connectivity index (χ1v) is 7.03. The molecule has 0 spiro atoms. The van der Waals surface area contributed by atoms with Gasteiger partial charge in [0.2, 0.25) is 0 Å². The van der Waals surface area contributed by atoms with Crippen LogP contribution in [0, 0.1) is 0 Å². The van der Waals surface area contributed by atoms with E-state index in [2.05, 4.69) is 28.7 Å². The number of hydrogen-bond donors (Lipinski definition) is 2. The Balaban J connectivity index is 2.03. The lowest BCUT2D eigenvalue weighted by Gasteiger charge is -2.16. The molecule has 1 aromatic carbocycles. The summed E-state index contributed by atoms with van der Waals surface area (Å²) in [6.45, 7) is 2.91. The molecule has 0 fully saturated rings. The highest BCUT2D eigenvalue weighted by Crippen LogP contribution is 2.21. The SMILES string of the molecule is CCCn1nncc1C(NN)c1ccc2ccccc2n1. The van der Waals surface area contributed by atoms with Crippen LogP contribution in [0.5, 0.6) is 0 Å². The van der Waals surface area contributed by atoms with Crippen LogP contribution in [0.1, 0.15) is 30.8 Å². The third kappa shape index (κ3) is 2.63. The van der Waals surface area contributed by atoms with E-state index in [1.807, 2.05) is 35.0 Å². The molecule has 1 atom stereocenters. The molecule has 0 bridgehead atoms. The molecule has 3 N–H and O–H groups in total. The number of aromatic nitrogens is 4. The van der Waals surface area contributed by atoms with Crippen LogP contribution in [0.25, 0.3) is 10.9 Å². The van der Waals surface area contributed by atoms with E-state index >= 15 is 0 Å². The zero-order valence-corrected chi connectivity index (χ0v) is 11.9. The van der Waals surface area contributed by atoms with Crippen molar-refractivity contribution in [1.82, 2.24) is 25.4 Å². The van der Waals surface area contributed by atoms with Crippen LogP contribution in [0.3, 0.4) is 0 Å². The highest BCUT2D eigenvalue weighted by atomic mass is 15.4. The molecule has 3 rings (SSSR count). The summed E-state index contributed by atoms with van der Waals surface area (Å²) in [5.41, 5.74) is 5.55. The zero-order chi connectivity index (χ0) is 14.7. The van der Waals surface area contributed by atoms with Gasteiger partial charge in [-0.3, -0.25) is 10.8 Å². The summed E-state index contributed by atoms with van der Waals surface area (Å²) in [4.78, 5) is 4.69. The fourth-order valence-corrected chi connectivity index (χ4v) is 2.44. The van der Waals surface area contributed by atoms with E-state index in [9.17, 15) is 0 Å². The molecule has 21 heavy (non-hydrogen) atoms. The Morgan fingerprint density at radius 2 is 2.10 bits per heavy atom. The molecule has 1 unspecified atom stereocenters. The number of fused-ring (bicyclic) bond motifs is 1. The smallest absolute Gasteiger partial charge is 0.106 e. The van der Waals surface area contributed by atoms with Crippen LogP contribution < -0.4 is 11.3 Å². The molecule has 0 saturated heterocycles. The Morgan fingerprint density at radius 3 is 2.90 bits per heavy atom. The Hall–Kier alpha value is -2.31. The van der Waals surface area contributed by atoms with Gasteiger partial charge in [0.1, 0.15) is 6.04 Å². The minimum atomic E-state index is -0.226. The van der Waals surface area contributed by atoms with E-state index < -0.39 is 0 Å². The molecular formula is C15H18N6. The lowest BCUT2D eigenvalue weighted by Crippen LogP contribution is -2.31. The molecule has 2 aromatic heterocycles. The number of hydrogen-bond acceptors (Lipinski definition) is 5. The van der Waals surface area contributed by atoms with Gasteiger partial charge in [-0.2, -0.15) is 0 Å². The Morgan fingerprint density at radius 1 is 1.24 bits per heavy atom. The molecular weight excluding hydrogens is 264 g/mol. The van der Waals surface area contributed by atoms with Crippen LogP contribution >= 0.6 is 0 Å². The summed E-state index contributed by atoms with van der Waals surface area (Å²) in [6.07, 6.45) is 2.72. The van der Waals surface area contributed by atoms with Crippen LogP contribution in [0.4, 0.5) is 0 Å². The van der Waals surface area contributed by atoms with Gasteiger partial charge in [0.15, 0.2) is 0 Å². The van der Waals surface area contributed by atoms with Gasteiger partial charge in [0.05, 0.1) is 23.1 Å². The second-order valence-corrected chi connectivity index (χ2v) is 4.91. The summed E-state index contributed by atoms with van der Waals surface area (Å²) in [7, 11) is 0. The van der Waals surface area contributed by atoms with Crippen LogP contribution in [0.15, 0.2) is 42.6 Å². The van der Waals surface area contributed by atoms with Gasteiger partial charge in [-0.25, -0.2) is 10.1 Å². The Bertz CT molecular complexity index is 736. The average Bonchev–Trinajstić information content (AvgIpc) is 2.97. The summed E-state index contributed by atoms with van der Waals surface area (Å²) in [5, 5.41) is 9.20. The Kier molecular flexibility index (Phi) is 3.89. The van der Waals surface area contributed by atoms with Crippen LogP contribution in [0.2, 0.25) is 0 Å². The number of nitrogens with one attached hydrogen (secondary N) is 1. The maximum atomic E-state index is 5.75. The van der Waals surface area contributed by atoms with Crippen molar-refractivity contribution < 1.29 is 0 Å². The standard InChI is InChI=1S/C15H18N6/c1-2-9-21-14(10-17-20-21)15(19-16)13-8-7-11-5-3-4-6-12(11)18-13/h3-8,10,15,19H,2,9,16H2,1H3. The van der Waals surface area contributed by atoms with Crippen molar-refractivity contribution >= 4 is 10.9 Å². The second kappa shape index (κ2) is 5.99. The first kappa shape index (κ1) is 13.7. The third-order valence-electron chi connectivity index (χ3n) is 3.46. The van der Waals surface area contributed by atoms with Gasteiger partial charge in [-0.1, -0.05) is 36.4 Å². The highest BCUT2D eigenvalue weighted by Gasteiger charge is 2.19. The Labute approximate surface area is 123 Å². The van der Waals surface area contributed by atoms with Gasteiger partial charge in [-0.15, -0.1) is 5.10 Å². The van der Waals surface area contributed by atoms with E-state index in [1.54, 1.807) is 6.20 Å². The molecule has 0 amide bonds. The number of para-hydroxylation sites is 1. The van der Waals surface area contributed by atoms with Crippen molar-refractivity contribution in [1.29, 1.82) is 0 Å². The van der Waals surface area contributed by atoms with Crippen molar-refractivity contribution in [2.45, 2.75) is 25.9 Å². The summed E-state index contributed by atoms with van der Waals surface area (Å²) in [6, 6.07) is 11.8. The monoisotopic (exact) mass is 282 g/mol. The molecule has 0 radical (unpaired) electrons. The number of nitrogens with zero attached hydrogens (tertiary/aromatic N) is 4. The van der Waals surface area contributed by atoms with E-state index in [0.29, 0.717) is 0 Å². The van der Waals surface area contributed by atoms with Gasteiger partial charge in [-0.05, 0) is 18.6 Å². The van der Waals surface area contributed by atoms with E-state index in [4.69, 9.17) is 10.8 Å². The maximum absolute atomic E-state index is 5.75. The molecule has 0 saturated carbocycles. The number of rotatable bonds is 5.